The lowest BCUT2D eigenvalue weighted by molar-refractivity contribution is -0.125. The van der Waals surface area contributed by atoms with Crippen molar-refractivity contribution in [2.45, 2.75) is 6.42 Å². The Morgan fingerprint density at radius 3 is 2.87 bits per heavy atom. The van der Waals surface area contributed by atoms with Crippen LogP contribution in [0.2, 0.25) is 0 Å². The molecule has 0 saturated heterocycles. The van der Waals surface area contributed by atoms with E-state index in [9.17, 15) is 9.59 Å². The lowest BCUT2D eigenvalue weighted by Crippen LogP contribution is -2.45. The Hall–Kier alpha value is -2.89. The zero-order valence-corrected chi connectivity index (χ0v) is 12.6. The molecule has 0 spiro atoms. The minimum Gasteiger partial charge on any atom is -0.482 e. The number of para-hydroxylation sites is 2. The zero-order valence-electron chi connectivity index (χ0n) is 12.6. The van der Waals surface area contributed by atoms with E-state index in [0.717, 1.165) is 5.69 Å². The van der Waals surface area contributed by atoms with E-state index in [-0.39, 0.29) is 25.0 Å². The van der Waals surface area contributed by atoms with Gasteiger partial charge in [-0.25, -0.2) is 0 Å². The summed E-state index contributed by atoms with van der Waals surface area (Å²) >= 11 is 0. The van der Waals surface area contributed by atoms with Gasteiger partial charge < -0.3 is 10.1 Å². The van der Waals surface area contributed by atoms with Crippen molar-refractivity contribution in [1.82, 2.24) is 10.3 Å². The average Bonchev–Trinajstić information content (AvgIpc) is 2.58. The minimum absolute atomic E-state index is 0.0125. The molecule has 2 heterocycles. The summed E-state index contributed by atoms with van der Waals surface area (Å²) in [6, 6.07) is 12.9. The summed E-state index contributed by atoms with van der Waals surface area (Å²) in [5, 5.41) is 2.82. The van der Waals surface area contributed by atoms with E-state index in [4.69, 9.17) is 4.74 Å². The Balaban J connectivity index is 1.56. The topological polar surface area (TPSA) is 71.5 Å². The monoisotopic (exact) mass is 311 g/mol. The van der Waals surface area contributed by atoms with Crippen LogP contribution in [0, 0.1) is 0 Å². The first kappa shape index (κ1) is 15.0. The van der Waals surface area contributed by atoms with E-state index >= 15 is 0 Å². The van der Waals surface area contributed by atoms with Crippen LogP contribution < -0.4 is 15.0 Å². The maximum absolute atomic E-state index is 12.1. The molecule has 0 saturated carbocycles. The van der Waals surface area contributed by atoms with E-state index in [0.29, 0.717) is 24.4 Å². The number of nitrogens with zero attached hydrogens (tertiary/aromatic N) is 2. The van der Waals surface area contributed by atoms with Gasteiger partial charge >= 0.3 is 0 Å². The second-order valence-corrected chi connectivity index (χ2v) is 5.16. The maximum atomic E-state index is 12.1. The number of nitrogens with one attached hydrogen (secondary N) is 1. The summed E-state index contributed by atoms with van der Waals surface area (Å²) in [7, 11) is 0. The number of fused-ring (bicyclic) bond motifs is 1. The van der Waals surface area contributed by atoms with Gasteiger partial charge in [-0.3, -0.25) is 19.5 Å². The molecular weight excluding hydrogens is 294 g/mol. The van der Waals surface area contributed by atoms with Crippen molar-refractivity contribution in [3.8, 4) is 5.75 Å². The van der Waals surface area contributed by atoms with Crippen LogP contribution in [0.4, 0.5) is 5.69 Å². The van der Waals surface area contributed by atoms with Crippen LogP contribution in [-0.4, -0.2) is 36.5 Å². The molecule has 0 fully saturated rings. The molecule has 0 unspecified atom stereocenters. The predicted molar refractivity (Wildman–Crippen MR) is 85.2 cm³/mol. The van der Waals surface area contributed by atoms with Gasteiger partial charge in [0.05, 0.1) is 5.69 Å². The van der Waals surface area contributed by atoms with Crippen LogP contribution in [0.25, 0.3) is 0 Å². The Kier molecular flexibility index (Phi) is 4.52. The highest BCUT2D eigenvalue weighted by atomic mass is 16.5. The Labute approximate surface area is 134 Å². The molecule has 1 aliphatic rings. The Bertz CT molecular complexity index is 703. The van der Waals surface area contributed by atoms with Crippen molar-refractivity contribution in [2.24, 2.45) is 0 Å². The molecule has 6 nitrogen and oxygen atoms in total. The third-order valence-corrected chi connectivity index (χ3v) is 3.54. The highest BCUT2D eigenvalue weighted by Crippen LogP contribution is 2.30. The van der Waals surface area contributed by atoms with Crippen molar-refractivity contribution >= 4 is 17.5 Å². The molecule has 0 aliphatic carbocycles. The molecule has 3 rings (SSSR count). The molecule has 0 bridgehead atoms. The van der Waals surface area contributed by atoms with Crippen LogP contribution in [0.5, 0.6) is 5.75 Å². The number of hydrogen-bond donors (Lipinski definition) is 1. The van der Waals surface area contributed by atoms with Crippen LogP contribution in [-0.2, 0) is 16.0 Å². The van der Waals surface area contributed by atoms with Gasteiger partial charge in [0.25, 0.3) is 5.91 Å². The third kappa shape index (κ3) is 3.66. The predicted octanol–water partition coefficient (Wildman–Crippen LogP) is 1.17. The lowest BCUT2D eigenvalue weighted by Gasteiger charge is -2.28. The van der Waals surface area contributed by atoms with Crippen LogP contribution in [0.3, 0.4) is 0 Å². The Morgan fingerprint density at radius 1 is 1.22 bits per heavy atom. The van der Waals surface area contributed by atoms with Crippen LogP contribution in [0.15, 0.2) is 48.7 Å². The molecule has 23 heavy (non-hydrogen) atoms. The van der Waals surface area contributed by atoms with Crippen molar-refractivity contribution in [3.05, 3.63) is 54.4 Å². The standard InChI is InChI=1S/C17H17N3O3/c21-16(19-10-8-13-5-3-4-9-18-13)11-20-14-6-1-2-7-15(14)23-12-17(20)22/h1-7,9H,8,10-12H2,(H,19,21). The molecule has 0 atom stereocenters. The fourth-order valence-electron chi connectivity index (χ4n) is 2.40. The molecule has 0 radical (unpaired) electrons. The van der Waals surface area contributed by atoms with Gasteiger partial charge in [-0.05, 0) is 24.3 Å². The number of ether oxygens (including phenoxy) is 1. The zero-order chi connectivity index (χ0) is 16.1. The minimum atomic E-state index is -0.219. The van der Waals surface area contributed by atoms with Gasteiger partial charge in [-0.2, -0.15) is 0 Å². The molecular formula is C17H17N3O3. The fraction of sp³-hybridized carbons (Fsp3) is 0.235. The summed E-state index contributed by atoms with van der Waals surface area (Å²) in [6.45, 7) is 0.426. The van der Waals surface area contributed by atoms with Crippen LogP contribution >= 0.6 is 0 Å². The molecule has 2 aromatic rings. The largest absolute Gasteiger partial charge is 0.482 e. The fourth-order valence-corrected chi connectivity index (χ4v) is 2.40. The van der Waals surface area contributed by atoms with Gasteiger partial charge in [0.15, 0.2) is 6.61 Å². The molecule has 1 aliphatic heterocycles. The average molecular weight is 311 g/mol. The number of carbonyl (C=O) groups is 2. The molecule has 2 amide bonds. The lowest BCUT2D eigenvalue weighted by atomic mass is 10.2. The summed E-state index contributed by atoms with van der Waals surface area (Å²) < 4.78 is 5.36. The summed E-state index contributed by atoms with van der Waals surface area (Å²) in [5.74, 6) is 0.197. The van der Waals surface area contributed by atoms with Gasteiger partial charge in [-0.15, -0.1) is 0 Å². The number of benzene rings is 1. The molecule has 1 aromatic carbocycles. The second kappa shape index (κ2) is 6.91. The number of pyridine rings is 1. The van der Waals surface area contributed by atoms with E-state index in [1.54, 1.807) is 18.3 Å². The van der Waals surface area contributed by atoms with Gasteiger partial charge in [0, 0.05) is 24.9 Å². The van der Waals surface area contributed by atoms with E-state index in [1.807, 2.05) is 30.3 Å². The normalized spacial score (nSPS) is 13.2. The number of aromatic nitrogens is 1. The van der Waals surface area contributed by atoms with Crippen molar-refractivity contribution < 1.29 is 14.3 Å². The van der Waals surface area contributed by atoms with Crippen molar-refractivity contribution in [3.63, 3.8) is 0 Å². The van der Waals surface area contributed by atoms with Crippen LogP contribution in [0.1, 0.15) is 5.69 Å². The SMILES string of the molecule is O=C(CN1C(=O)COc2ccccc21)NCCc1ccccn1. The van der Waals surface area contributed by atoms with E-state index < -0.39 is 0 Å². The molecule has 1 N–H and O–H groups in total. The first-order valence-corrected chi connectivity index (χ1v) is 7.43. The quantitative estimate of drug-likeness (QED) is 0.899. The smallest absolute Gasteiger partial charge is 0.265 e. The van der Waals surface area contributed by atoms with E-state index in [2.05, 4.69) is 10.3 Å². The maximum Gasteiger partial charge on any atom is 0.265 e. The van der Waals surface area contributed by atoms with Crippen molar-refractivity contribution in [2.75, 3.05) is 24.6 Å². The summed E-state index contributed by atoms with van der Waals surface area (Å²) in [4.78, 5) is 29.7. The Morgan fingerprint density at radius 2 is 2.04 bits per heavy atom. The molecule has 118 valence electrons. The molecule has 6 heteroatoms. The number of hydrogen-bond acceptors (Lipinski definition) is 4. The first-order valence-electron chi connectivity index (χ1n) is 7.43. The summed E-state index contributed by atoms with van der Waals surface area (Å²) in [6.07, 6.45) is 2.38. The highest BCUT2D eigenvalue weighted by Gasteiger charge is 2.26. The van der Waals surface area contributed by atoms with Gasteiger partial charge in [-0.1, -0.05) is 18.2 Å². The summed E-state index contributed by atoms with van der Waals surface area (Å²) in [5.41, 5.74) is 1.55. The number of rotatable bonds is 5. The second-order valence-electron chi connectivity index (χ2n) is 5.16. The molecule has 1 aromatic heterocycles. The van der Waals surface area contributed by atoms with Crippen molar-refractivity contribution in [1.29, 1.82) is 0 Å². The van der Waals surface area contributed by atoms with Gasteiger partial charge in [0.1, 0.15) is 12.3 Å². The van der Waals surface area contributed by atoms with Gasteiger partial charge in [0.2, 0.25) is 5.91 Å². The number of carbonyl (C=O) groups excluding carboxylic acids is 2. The number of anilines is 1. The third-order valence-electron chi connectivity index (χ3n) is 3.54. The number of amides is 2. The highest BCUT2D eigenvalue weighted by molar-refractivity contribution is 6.02. The van der Waals surface area contributed by atoms with E-state index in [1.165, 1.54) is 4.90 Å². The first-order chi connectivity index (χ1) is 11.2.